The number of amides is 1. The molecule has 0 aromatic carbocycles. The number of carbonyl (C=O) groups excluding carboxylic acids is 1. The normalized spacial score (nSPS) is 30.9. The van der Waals surface area contributed by atoms with Crippen LogP contribution in [0.2, 0.25) is 0 Å². The zero-order valence-electron chi connectivity index (χ0n) is 11.9. The Balaban J connectivity index is 1.91. The average Bonchev–Trinajstić information content (AvgIpc) is 2.99. The van der Waals surface area contributed by atoms with Crippen LogP contribution in [-0.2, 0) is 9.53 Å². The summed E-state index contributed by atoms with van der Waals surface area (Å²) in [6.07, 6.45) is 3.04. The molecule has 1 saturated heterocycles. The number of hydrogen-bond donors (Lipinski definition) is 1. The maximum atomic E-state index is 12.0. The second-order valence-corrected chi connectivity index (χ2v) is 6.78. The Labute approximate surface area is 113 Å². The SMILES string of the molecule is CC(C)(C)OC(=O)N1CCCC2(CC1)CC2C(=O)O. The lowest BCUT2D eigenvalue weighted by molar-refractivity contribution is -0.139. The van der Waals surface area contributed by atoms with Crippen LogP contribution >= 0.6 is 0 Å². The smallest absolute Gasteiger partial charge is 0.410 e. The molecule has 2 rings (SSSR count). The Bertz CT molecular complexity index is 387. The quantitative estimate of drug-likeness (QED) is 0.794. The van der Waals surface area contributed by atoms with Gasteiger partial charge in [-0.2, -0.15) is 0 Å². The molecule has 2 fully saturated rings. The first-order valence-electron chi connectivity index (χ1n) is 6.94. The summed E-state index contributed by atoms with van der Waals surface area (Å²) >= 11 is 0. The first-order valence-corrected chi connectivity index (χ1v) is 6.94. The minimum atomic E-state index is -0.689. The average molecular weight is 269 g/mol. The Morgan fingerprint density at radius 3 is 2.47 bits per heavy atom. The molecule has 2 unspecified atom stereocenters. The van der Waals surface area contributed by atoms with Crippen LogP contribution in [-0.4, -0.2) is 40.8 Å². The largest absolute Gasteiger partial charge is 0.481 e. The lowest BCUT2D eigenvalue weighted by Gasteiger charge is -2.26. The first-order chi connectivity index (χ1) is 8.73. The van der Waals surface area contributed by atoms with E-state index in [1.807, 2.05) is 20.8 Å². The van der Waals surface area contributed by atoms with E-state index in [0.29, 0.717) is 13.1 Å². The number of ether oxygens (including phenoxy) is 1. The molecule has 1 amide bonds. The van der Waals surface area contributed by atoms with E-state index in [1.54, 1.807) is 4.90 Å². The first kappa shape index (κ1) is 14.2. The second kappa shape index (κ2) is 4.69. The van der Waals surface area contributed by atoms with E-state index < -0.39 is 11.6 Å². The van der Waals surface area contributed by atoms with Crippen molar-refractivity contribution < 1.29 is 19.4 Å². The summed E-state index contributed by atoms with van der Waals surface area (Å²) in [7, 11) is 0. The van der Waals surface area contributed by atoms with Crippen molar-refractivity contribution in [1.29, 1.82) is 0 Å². The molecule has 2 aliphatic rings. The molecule has 19 heavy (non-hydrogen) atoms. The van der Waals surface area contributed by atoms with E-state index in [2.05, 4.69) is 0 Å². The van der Waals surface area contributed by atoms with Crippen LogP contribution in [0.15, 0.2) is 0 Å². The summed E-state index contributed by atoms with van der Waals surface area (Å²) in [5.41, 5.74) is -0.535. The lowest BCUT2D eigenvalue weighted by Crippen LogP contribution is -2.37. The van der Waals surface area contributed by atoms with Crippen molar-refractivity contribution in [3.05, 3.63) is 0 Å². The third-order valence-corrected chi connectivity index (χ3v) is 4.12. The highest BCUT2D eigenvalue weighted by Gasteiger charge is 2.58. The predicted molar refractivity (Wildman–Crippen MR) is 69.8 cm³/mol. The van der Waals surface area contributed by atoms with Crippen molar-refractivity contribution >= 4 is 12.1 Å². The van der Waals surface area contributed by atoms with Crippen LogP contribution in [0, 0.1) is 11.3 Å². The molecule has 0 aromatic heterocycles. The Hall–Kier alpha value is -1.26. The molecule has 5 heteroatoms. The Morgan fingerprint density at radius 1 is 1.26 bits per heavy atom. The number of likely N-dealkylation sites (tertiary alicyclic amines) is 1. The third kappa shape index (κ3) is 3.19. The number of aliphatic carboxylic acids is 1. The maximum Gasteiger partial charge on any atom is 0.410 e. The number of carbonyl (C=O) groups is 2. The van der Waals surface area contributed by atoms with Gasteiger partial charge in [-0.25, -0.2) is 4.79 Å². The predicted octanol–water partition coefficient (Wildman–Crippen LogP) is 2.50. The van der Waals surface area contributed by atoms with E-state index >= 15 is 0 Å². The van der Waals surface area contributed by atoms with Gasteiger partial charge in [0.1, 0.15) is 5.60 Å². The van der Waals surface area contributed by atoms with Gasteiger partial charge in [-0.05, 0) is 51.9 Å². The fourth-order valence-electron chi connectivity index (χ4n) is 2.97. The fourth-order valence-corrected chi connectivity index (χ4v) is 2.97. The summed E-state index contributed by atoms with van der Waals surface area (Å²) in [5.74, 6) is -0.892. The van der Waals surface area contributed by atoms with Gasteiger partial charge in [0.25, 0.3) is 0 Å². The van der Waals surface area contributed by atoms with Crippen LogP contribution in [0.3, 0.4) is 0 Å². The van der Waals surface area contributed by atoms with Crippen molar-refractivity contribution in [2.24, 2.45) is 11.3 Å². The third-order valence-electron chi connectivity index (χ3n) is 4.12. The monoisotopic (exact) mass is 269 g/mol. The molecule has 0 radical (unpaired) electrons. The molecule has 2 atom stereocenters. The number of hydrogen-bond acceptors (Lipinski definition) is 3. The Morgan fingerprint density at radius 2 is 1.95 bits per heavy atom. The minimum absolute atomic E-state index is 0.0530. The van der Waals surface area contributed by atoms with Gasteiger partial charge in [0.05, 0.1) is 5.92 Å². The maximum absolute atomic E-state index is 12.0. The highest BCUT2D eigenvalue weighted by Crippen LogP contribution is 2.59. The van der Waals surface area contributed by atoms with E-state index in [9.17, 15) is 9.59 Å². The van der Waals surface area contributed by atoms with Crippen molar-refractivity contribution in [2.75, 3.05) is 13.1 Å². The molecule has 1 saturated carbocycles. The topological polar surface area (TPSA) is 66.8 Å². The number of rotatable bonds is 1. The molecule has 1 aliphatic carbocycles. The number of carboxylic acid groups (broad SMARTS) is 1. The Kier molecular flexibility index (Phi) is 3.49. The van der Waals surface area contributed by atoms with Gasteiger partial charge in [-0.1, -0.05) is 0 Å². The zero-order chi connectivity index (χ0) is 14.3. The van der Waals surface area contributed by atoms with Gasteiger partial charge in [-0.3, -0.25) is 4.79 Å². The van der Waals surface area contributed by atoms with E-state index in [1.165, 1.54) is 0 Å². The van der Waals surface area contributed by atoms with Crippen LogP contribution < -0.4 is 0 Å². The highest BCUT2D eigenvalue weighted by molar-refractivity contribution is 5.75. The number of carboxylic acids is 1. The van der Waals surface area contributed by atoms with Gasteiger partial charge in [0.2, 0.25) is 0 Å². The molecule has 1 heterocycles. The van der Waals surface area contributed by atoms with Crippen molar-refractivity contribution in [3.63, 3.8) is 0 Å². The molecule has 0 bridgehead atoms. The summed E-state index contributed by atoms with van der Waals surface area (Å²) in [6, 6.07) is 0. The van der Waals surface area contributed by atoms with E-state index in [0.717, 1.165) is 25.7 Å². The van der Waals surface area contributed by atoms with E-state index in [-0.39, 0.29) is 17.4 Å². The highest BCUT2D eigenvalue weighted by atomic mass is 16.6. The molecule has 0 aromatic rings. The van der Waals surface area contributed by atoms with Crippen molar-refractivity contribution in [2.45, 2.75) is 52.1 Å². The van der Waals surface area contributed by atoms with E-state index in [4.69, 9.17) is 9.84 Å². The van der Waals surface area contributed by atoms with Crippen molar-refractivity contribution in [3.8, 4) is 0 Å². The van der Waals surface area contributed by atoms with Gasteiger partial charge in [-0.15, -0.1) is 0 Å². The van der Waals surface area contributed by atoms with Gasteiger partial charge in [0, 0.05) is 13.1 Å². The van der Waals surface area contributed by atoms with Gasteiger partial charge in [0.15, 0.2) is 0 Å². The minimum Gasteiger partial charge on any atom is -0.481 e. The van der Waals surface area contributed by atoms with Crippen LogP contribution in [0.5, 0.6) is 0 Å². The second-order valence-electron chi connectivity index (χ2n) is 6.78. The number of nitrogens with zero attached hydrogens (tertiary/aromatic N) is 1. The molecule has 1 N–H and O–H groups in total. The molecule has 108 valence electrons. The van der Waals surface area contributed by atoms with Gasteiger partial charge < -0.3 is 14.7 Å². The fraction of sp³-hybridized carbons (Fsp3) is 0.857. The standard InChI is InChI=1S/C14H23NO4/c1-13(2,3)19-12(18)15-7-4-5-14(6-8-15)9-10(14)11(16)17/h10H,4-9H2,1-3H3,(H,16,17). The molecule has 5 nitrogen and oxygen atoms in total. The molecule has 1 aliphatic heterocycles. The molecule has 1 spiro atoms. The van der Waals surface area contributed by atoms with Crippen LogP contribution in [0.25, 0.3) is 0 Å². The summed E-state index contributed by atoms with van der Waals surface area (Å²) in [6.45, 7) is 6.84. The van der Waals surface area contributed by atoms with Gasteiger partial charge >= 0.3 is 12.1 Å². The molecular weight excluding hydrogens is 246 g/mol. The summed E-state index contributed by atoms with van der Waals surface area (Å²) < 4.78 is 5.37. The van der Waals surface area contributed by atoms with Crippen LogP contribution in [0.1, 0.15) is 46.5 Å². The van der Waals surface area contributed by atoms with Crippen LogP contribution in [0.4, 0.5) is 4.79 Å². The summed E-state index contributed by atoms with van der Waals surface area (Å²) in [4.78, 5) is 24.8. The summed E-state index contributed by atoms with van der Waals surface area (Å²) in [5, 5.41) is 9.09. The lowest BCUT2D eigenvalue weighted by atomic mass is 9.94. The van der Waals surface area contributed by atoms with Crippen molar-refractivity contribution in [1.82, 2.24) is 4.90 Å². The molecular formula is C14H23NO4. The zero-order valence-corrected chi connectivity index (χ0v) is 11.9.